The molecule has 0 aliphatic rings. The van der Waals surface area contributed by atoms with Crippen molar-refractivity contribution in [3.63, 3.8) is 0 Å². The van der Waals surface area contributed by atoms with Crippen molar-refractivity contribution in [2.75, 3.05) is 0 Å². The molecule has 3 aromatic rings. The largest absolute Gasteiger partial charge is 0.256 e. The predicted molar refractivity (Wildman–Crippen MR) is 79.8 cm³/mol. The van der Waals surface area contributed by atoms with E-state index in [9.17, 15) is 0 Å². The predicted octanol–water partition coefficient (Wildman–Crippen LogP) is 4.29. The summed E-state index contributed by atoms with van der Waals surface area (Å²) in [5, 5.41) is 8.87. The number of nitriles is 1. The van der Waals surface area contributed by atoms with Crippen LogP contribution in [0.3, 0.4) is 0 Å². The molecular formula is C18H12N2. The van der Waals surface area contributed by atoms with Gasteiger partial charge in [-0.1, -0.05) is 42.5 Å². The molecule has 94 valence electrons. The van der Waals surface area contributed by atoms with E-state index >= 15 is 0 Å². The normalized spacial score (nSPS) is 9.95. The number of aromatic nitrogens is 1. The van der Waals surface area contributed by atoms with E-state index in [0.29, 0.717) is 5.56 Å². The van der Waals surface area contributed by atoms with Gasteiger partial charge in [-0.25, -0.2) is 0 Å². The second kappa shape index (κ2) is 5.38. The number of nitrogens with zero attached hydrogens (tertiary/aromatic N) is 2. The quantitative estimate of drug-likeness (QED) is 0.686. The molecule has 0 saturated carbocycles. The lowest BCUT2D eigenvalue weighted by Crippen LogP contribution is -1.87. The lowest BCUT2D eigenvalue weighted by Gasteiger charge is -2.09. The molecule has 2 aromatic carbocycles. The Morgan fingerprint density at radius 3 is 2.10 bits per heavy atom. The summed E-state index contributed by atoms with van der Waals surface area (Å²) in [6, 6.07) is 23.8. The first-order chi connectivity index (χ1) is 9.88. The zero-order valence-electron chi connectivity index (χ0n) is 10.8. The minimum atomic E-state index is 0.670. The van der Waals surface area contributed by atoms with Crippen LogP contribution in [0.15, 0.2) is 72.9 Å². The van der Waals surface area contributed by atoms with Crippen LogP contribution >= 0.6 is 0 Å². The molecule has 0 bridgehead atoms. The zero-order valence-corrected chi connectivity index (χ0v) is 10.8. The Morgan fingerprint density at radius 2 is 1.45 bits per heavy atom. The first kappa shape index (κ1) is 12.1. The van der Waals surface area contributed by atoms with E-state index in [1.165, 1.54) is 0 Å². The fourth-order valence-electron chi connectivity index (χ4n) is 2.20. The summed E-state index contributed by atoms with van der Waals surface area (Å²) < 4.78 is 0. The van der Waals surface area contributed by atoms with Crippen molar-refractivity contribution in [1.29, 1.82) is 5.26 Å². The fraction of sp³-hybridized carbons (Fsp3) is 0. The van der Waals surface area contributed by atoms with Gasteiger partial charge in [-0.15, -0.1) is 0 Å². The SMILES string of the molecule is N#Cc1ccc(-c2ccccc2-c2ccccn2)cc1. The lowest BCUT2D eigenvalue weighted by molar-refractivity contribution is 1.33. The molecule has 2 nitrogen and oxygen atoms in total. The lowest BCUT2D eigenvalue weighted by atomic mass is 9.97. The maximum Gasteiger partial charge on any atom is 0.0991 e. The van der Waals surface area contributed by atoms with Crippen LogP contribution in [0.2, 0.25) is 0 Å². The fourth-order valence-corrected chi connectivity index (χ4v) is 2.20. The highest BCUT2D eigenvalue weighted by Crippen LogP contribution is 2.30. The van der Waals surface area contributed by atoms with Gasteiger partial charge in [0.15, 0.2) is 0 Å². The van der Waals surface area contributed by atoms with E-state index in [1.807, 2.05) is 54.6 Å². The van der Waals surface area contributed by atoms with E-state index in [1.54, 1.807) is 6.20 Å². The van der Waals surface area contributed by atoms with Gasteiger partial charge >= 0.3 is 0 Å². The minimum Gasteiger partial charge on any atom is -0.256 e. The van der Waals surface area contributed by atoms with Gasteiger partial charge in [0.25, 0.3) is 0 Å². The van der Waals surface area contributed by atoms with Crippen molar-refractivity contribution in [3.05, 3.63) is 78.5 Å². The van der Waals surface area contributed by atoms with Crippen LogP contribution in [0, 0.1) is 11.3 Å². The van der Waals surface area contributed by atoms with Crippen LogP contribution in [0.1, 0.15) is 5.56 Å². The first-order valence-corrected chi connectivity index (χ1v) is 6.39. The Bertz CT molecular complexity index is 753. The van der Waals surface area contributed by atoms with Gasteiger partial charge in [-0.3, -0.25) is 4.98 Å². The van der Waals surface area contributed by atoms with Crippen LogP contribution < -0.4 is 0 Å². The molecule has 0 aliphatic heterocycles. The van der Waals surface area contributed by atoms with E-state index < -0.39 is 0 Å². The maximum absolute atomic E-state index is 8.87. The summed E-state index contributed by atoms with van der Waals surface area (Å²) in [7, 11) is 0. The second-order valence-electron chi connectivity index (χ2n) is 4.45. The van der Waals surface area contributed by atoms with E-state index in [4.69, 9.17) is 5.26 Å². The first-order valence-electron chi connectivity index (χ1n) is 6.39. The highest BCUT2D eigenvalue weighted by Gasteiger charge is 2.07. The monoisotopic (exact) mass is 256 g/mol. The van der Waals surface area contributed by atoms with Crippen molar-refractivity contribution < 1.29 is 0 Å². The van der Waals surface area contributed by atoms with Crippen LogP contribution in [0.4, 0.5) is 0 Å². The van der Waals surface area contributed by atoms with Crippen molar-refractivity contribution >= 4 is 0 Å². The summed E-state index contributed by atoms with van der Waals surface area (Å²) in [6.45, 7) is 0. The molecule has 2 heteroatoms. The van der Waals surface area contributed by atoms with Crippen molar-refractivity contribution in [3.8, 4) is 28.5 Å². The number of hydrogen-bond donors (Lipinski definition) is 0. The molecule has 1 heterocycles. The Morgan fingerprint density at radius 1 is 0.750 bits per heavy atom. The number of rotatable bonds is 2. The zero-order chi connectivity index (χ0) is 13.8. The van der Waals surface area contributed by atoms with Gasteiger partial charge in [0.2, 0.25) is 0 Å². The highest BCUT2D eigenvalue weighted by molar-refractivity contribution is 5.81. The third-order valence-electron chi connectivity index (χ3n) is 3.19. The molecule has 0 atom stereocenters. The third kappa shape index (κ3) is 2.30. The molecule has 0 spiro atoms. The molecule has 0 saturated heterocycles. The van der Waals surface area contributed by atoms with Crippen LogP contribution in [0.5, 0.6) is 0 Å². The topological polar surface area (TPSA) is 36.7 Å². The standard InChI is InChI=1S/C18H12N2/c19-13-14-8-10-15(11-9-14)16-5-1-2-6-17(16)18-7-3-4-12-20-18/h1-12H. The summed E-state index contributed by atoms with van der Waals surface area (Å²) >= 11 is 0. The van der Waals surface area contributed by atoms with Gasteiger partial charge in [-0.2, -0.15) is 5.26 Å². The van der Waals surface area contributed by atoms with Crippen LogP contribution in [0.25, 0.3) is 22.4 Å². The van der Waals surface area contributed by atoms with E-state index in [2.05, 4.69) is 23.2 Å². The molecule has 0 aliphatic carbocycles. The van der Waals surface area contributed by atoms with E-state index in [0.717, 1.165) is 22.4 Å². The minimum absolute atomic E-state index is 0.670. The van der Waals surface area contributed by atoms with Gasteiger partial charge in [0.05, 0.1) is 17.3 Å². The van der Waals surface area contributed by atoms with Gasteiger partial charge in [-0.05, 0) is 35.4 Å². The van der Waals surface area contributed by atoms with Crippen molar-refractivity contribution in [1.82, 2.24) is 4.98 Å². The number of hydrogen-bond acceptors (Lipinski definition) is 2. The van der Waals surface area contributed by atoms with Gasteiger partial charge in [0, 0.05) is 11.8 Å². The van der Waals surface area contributed by atoms with Gasteiger partial charge < -0.3 is 0 Å². The molecule has 1 aromatic heterocycles. The van der Waals surface area contributed by atoms with Gasteiger partial charge in [0.1, 0.15) is 0 Å². The summed E-state index contributed by atoms with van der Waals surface area (Å²) in [5.74, 6) is 0. The smallest absolute Gasteiger partial charge is 0.0991 e. The van der Waals surface area contributed by atoms with Crippen molar-refractivity contribution in [2.45, 2.75) is 0 Å². The molecule has 0 unspecified atom stereocenters. The average molecular weight is 256 g/mol. The summed E-state index contributed by atoms with van der Waals surface area (Å²) in [5.41, 5.74) is 4.93. The third-order valence-corrected chi connectivity index (χ3v) is 3.19. The Labute approximate surface area is 118 Å². The summed E-state index contributed by atoms with van der Waals surface area (Å²) in [4.78, 5) is 4.42. The van der Waals surface area contributed by atoms with E-state index in [-0.39, 0.29) is 0 Å². The molecule has 3 rings (SSSR count). The molecule has 0 fully saturated rings. The van der Waals surface area contributed by atoms with Crippen LogP contribution in [-0.4, -0.2) is 4.98 Å². The summed E-state index contributed by atoms with van der Waals surface area (Å²) in [6.07, 6.45) is 1.80. The molecule has 0 N–H and O–H groups in total. The van der Waals surface area contributed by atoms with Crippen molar-refractivity contribution in [2.24, 2.45) is 0 Å². The number of pyridine rings is 1. The second-order valence-corrected chi connectivity index (χ2v) is 4.45. The Kier molecular flexibility index (Phi) is 3.26. The Hall–Kier alpha value is -2.92. The molecule has 0 amide bonds. The number of benzene rings is 2. The highest BCUT2D eigenvalue weighted by atomic mass is 14.7. The van der Waals surface area contributed by atoms with Crippen LogP contribution in [-0.2, 0) is 0 Å². The average Bonchev–Trinajstić information content (AvgIpc) is 2.56. The maximum atomic E-state index is 8.87. The molecular weight excluding hydrogens is 244 g/mol. The Balaban J connectivity index is 2.12. The molecule has 20 heavy (non-hydrogen) atoms. The molecule has 0 radical (unpaired) electrons.